The van der Waals surface area contributed by atoms with E-state index in [9.17, 15) is 0 Å². The van der Waals surface area contributed by atoms with Gasteiger partial charge in [-0.1, -0.05) is 6.92 Å². The zero-order valence-electron chi connectivity index (χ0n) is 9.98. The topological polar surface area (TPSA) is 12.9 Å². The first-order chi connectivity index (χ1) is 7.12. The fourth-order valence-electron chi connectivity index (χ4n) is 2.89. The Morgan fingerprint density at radius 2 is 1.80 bits per heavy atom. The van der Waals surface area contributed by atoms with Gasteiger partial charge in [0.05, 0.1) is 0 Å². The molecule has 0 N–H and O–H groups in total. The monoisotopic (exact) mass is 201 g/mol. The molecule has 15 heavy (non-hydrogen) atoms. The Hall–Kier alpha value is -0.850. The van der Waals surface area contributed by atoms with Crippen LogP contribution in [-0.4, -0.2) is 4.98 Å². The van der Waals surface area contributed by atoms with Crippen molar-refractivity contribution in [2.45, 2.75) is 58.3 Å². The molecule has 2 aliphatic rings. The van der Waals surface area contributed by atoms with Crippen LogP contribution < -0.4 is 0 Å². The Kier molecular flexibility index (Phi) is 1.78. The van der Waals surface area contributed by atoms with Crippen LogP contribution >= 0.6 is 0 Å². The third kappa shape index (κ3) is 1.25. The van der Waals surface area contributed by atoms with Crippen molar-refractivity contribution in [1.82, 2.24) is 4.98 Å². The van der Waals surface area contributed by atoms with Gasteiger partial charge in [-0.3, -0.25) is 4.98 Å². The number of aryl methyl sites for hydroxylation is 1. The summed E-state index contributed by atoms with van der Waals surface area (Å²) in [4.78, 5) is 4.95. The minimum Gasteiger partial charge on any atom is -0.257 e. The van der Waals surface area contributed by atoms with Crippen LogP contribution in [0.4, 0.5) is 0 Å². The molecule has 0 radical (unpaired) electrons. The number of aromatic nitrogens is 1. The van der Waals surface area contributed by atoms with Crippen LogP contribution in [-0.2, 0) is 18.3 Å². The van der Waals surface area contributed by atoms with Crippen molar-refractivity contribution in [2.24, 2.45) is 0 Å². The van der Waals surface area contributed by atoms with Crippen LogP contribution in [0.3, 0.4) is 0 Å². The summed E-state index contributed by atoms with van der Waals surface area (Å²) in [5.74, 6) is 0. The third-order valence-electron chi connectivity index (χ3n) is 4.38. The van der Waals surface area contributed by atoms with Gasteiger partial charge in [-0.15, -0.1) is 0 Å². The highest BCUT2D eigenvalue weighted by Crippen LogP contribution is 2.49. The van der Waals surface area contributed by atoms with Gasteiger partial charge in [0.2, 0.25) is 0 Å². The first-order valence-electron chi connectivity index (χ1n) is 6.11. The van der Waals surface area contributed by atoms with Gasteiger partial charge in [0, 0.05) is 16.8 Å². The molecular formula is C14H19N. The van der Waals surface area contributed by atoms with E-state index in [0.717, 1.165) is 0 Å². The Morgan fingerprint density at radius 3 is 2.47 bits per heavy atom. The number of hydrogen-bond acceptors (Lipinski definition) is 1. The van der Waals surface area contributed by atoms with Gasteiger partial charge < -0.3 is 0 Å². The highest BCUT2D eigenvalue weighted by atomic mass is 14.8. The minimum atomic E-state index is 0.423. The van der Waals surface area contributed by atoms with E-state index in [1.54, 1.807) is 5.56 Å². The minimum absolute atomic E-state index is 0.423. The molecule has 1 fully saturated rings. The molecule has 0 aromatic carbocycles. The van der Waals surface area contributed by atoms with E-state index in [1.807, 2.05) is 0 Å². The van der Waals surface area contributed by atoms with E-state index in [0.29, 0.717) is 5.41 Å². The lowest BCUT2D eigenvalue weighted by Crippen LogP contribution is -2.10. The Morgan fingerprint density at radius 1 is 1.07 bits per heavy atom. The number of hydrogen-bond donors (Lipinski definition) is 0. The van der Waals surface area contributed by atoms with Crippen LogP contribution in [0.2, 0.25) is 0 Å². The predicted octanol–water partition coefficient (Wildman–Crippen LogP) is 3.24. The molecule has 0 aliphatic heterocycles. The number of pyridine rings is 1. The molecule has 3 rings (SSSR count). The maximum Gasteiger partial charge on any atom is 0.0497 e. The fraction of sp³-hybridized carbons (Fsp3) is 0.643. The van der Waals surface area contributed by atoms with Gasteiger partial charge in [0.25, 0.3) is 0 Å². The maximum absolute atomic E-state index is 4.95. The summed E-state index contributed by atoms with van der Waals surface area (Å²) < 4.78 is 0. The molecular weight excluding hydrogens is 182 g/mol. The summed E-state index contributed by atoms with van der Waals surface area (Å²) in [5.41, 5.74) is 7.78. The van der Waals surface area contributed by atoms with Crippen molar-refractivity contribution in [3.05, 3.63) is 28.1 Å². The molecule has 1 heteroatoms. The van der Waals surface area contributed by atoms with E-state index in [2.05, 4.69) is 20.8 Å². The number of nitrogens with zero attached hydrogens (tertiary/aromatic N) is 1. The Balaban J connectivity index is 2.20. The summed E-state index contributed by atoms with van der Waals surface area (Å²) in [6, 6.07) is 0. The van der Waals surface area contributed by atoms with Crippen LogP contribution in [0.25, 0.3) is 0 Å². The number of fused-ring (bicyclic) bond motifs is 1. The highest BCUT2D eigenvalue weighted by molar-refractivity contribution is 5.45. The first kappa shape index (κ1) is 9.38. The second-order valence-corrected chi connectivity index (χ2v) is 5.55. The van der Waals surface area contributed by atoms with Crippen LogP contribution in [0.5, 0.6) is 0 Å². The van der Waals surface area contributed by atoms with Gasteiger partial charge in [0.15, 0.2) is 0 Å². The zero-order chi connectivity index (χ0) is 10.6. The predicted molar refractivity (Wildman–Crippen MR) is 62.3 cm³/mol. The number of rotatable bonds is 1. The Labute approximate surface area is 91.9 Å². The standard InChI is InChI=1S/C14H19N/c1-9-10(2)13(14(3)7-8-14)15-12-6-4-5-11(9)12/h4-8H2,1-3H3. The smallest absolute Gasteiger partial charge is 0.0497 e. The van der Waals surface area contributed by atoms with E-state index >= 15 is 0 Å². The summed E-state index contributed by atoms with van der Waals surface area (Å²) in [5, 5.41) is 0. The van der Waals surface area contributed by atoms with Crippen LogP contribution in [0.15, 0.2) is 0 Å². The summed E-state index contributed by atoms with van der Waals surface area (Å²) in [6.45, 7) is 6.92. The zero-order valence-corrected chi connectivity index (χ0v) is 9.98. The lowest BCUT2D eigenvalue weighted by molar-refractivity contribution is 0.729. The molecule has 0 saturated heterocycles. The largest absolute Gasteiger partial charge is 0.257 e. The molecule has 80 valence electrons. The van der Waals surface area contributed by atoms with Crippen molar-refractivity contribution < 1.29 is 0 Å². The van der Waals surface area contributed by atoms with Gasteiger partial charge in [0.1, 0.15) is 0 Å². The molecule has 0 amide bonds. The molecule has 0 bridgehead atoms. The van der Waals surface area contributed by atoms with E-state index in [1.165, 1.54) is 54.6 Å². The lowest BCUT2D eigenvalue weighted by Gasteiger charge is -2.17. The molecule has 1 aromatic rings. The molecule has 0 atom stereocenters. The molecule has 1 nitrogen and oxygen atoms in total. The van der Waals surface area contributed by atoms with Crippen LogP contribution in [0.1, 0.15) is 54.3 Å². The van der Waals surface area contributed by atoms with Crippen molar-refractivity contribution in [3.63, 3.8) is 0 Å². The van der Waals surface area contributed by atoms with Gasteiger partial charge >= 0.3 is 0 Å². The molecule has 0 unspecified atom stereocenters. The first-order valence-corrected chi connectivity index (χ1v) is 6.11. The van der Waals surface area contributed by atoms with E-state index < -0.39 is 0 Å². The lowest BCUT2D eigenvalue weighted by atomic mass is 9.94. The van der Waals surface area contributed by atoms with E-state index in [-0.39, 0.29) is 0 Å². The summed E-state index contributed by atoms with van der Waals surface area (Å²) in [7, 11) is 0. The van der Waals surface area contributed by atoms with Crippen molar-refractivity contribution in [2.75, 3.05) is 0 Å². The van der Waals surface area contributed by atoms with E-state index in [4.69, 9.17) is 4.98 Å². The average Bonchev–Trinajstić information content (AvgIpc) is 2.80. The SMILES string of the molecule is Cc1c(C2(C)CC2)nc2c(c1C)CCC2. The Bertz CT molecular complexity index is 427. The maximum atomic E-state index is 4.95. The molecule has 1 heterocycles. The van der Waals surface area contributed by atoms with Crippen LogP contribution in [0, 0.1) is 13.8 Å². The normalized spacial score (nSPS) is 21.5. The molecule has 1 aromatic heterocycles. The highest BCUT2D eigenvalue weighted by Gasteiger charge is 2.42. The quantitative estimate of drug-likeness (QED) is 0.679. The van der Waals surface area contributed by atoms with Crippen molar-refractivity contribution >= 4 is 0 Å². The second kappa shape index (κ2) is 2.84. The van der Waals surface area contributed by atoms with Gasteiger partial charge in [-0.25, -0.2) is 0 Å². The van der Waals surface area contributed by atoms with Gasteiger partial charge in [-0.05, 0) is 62.6 Å². The fourth-order valence-corrected chi connectivity index (χ4v) is 2.89. The average molecular weight is 201 g/mol. The van der Waals surface area contributed by atoms with Crippen molar-refractivity contribution in [3.8, 4) is 0 Å². The second-order valence-electron chi connectivity index (χ2n) is 5.55. The third-order valence-corrected chi connectivity index (χ3v) is 4.38. The molecule has 0 spiro atoms. The van der Waals surface area contributed by atoms with Gasteiger partial charge in [-0.2, -0.15) is 0 Å². The summed E-state index contributed by atoms with van der Waals surface area (Å²) >= 11 is 0. The molecule has 1 saturated carbocycles. The molecule has 2 aliphatic carbocycles. The van der Waals surface area contributed by atoms with Crippen molar-refractivity contribution in [1.29, 1.82) is 0 Å². The summed E-state index contributed by atoms with van der Waals surface area (Å²) in [6.07, 6.45) is 6.44.